The number of nitrogens with one attached hydrogen (secondary N) is 1. The van der Waals surface area contributed by atoms with Crippen molar-refractivity contribution in [3.05, 3.63) is 46.7 Å². The molecule has 20 heavy (non-hydrogen) atoms. The second-order valence-corrected chi connectivity index (χ2v) is 6.56. The van der Waals surface area contributed by atoms with Crippen LogP contribution in [0.15, 0.2) is 35.4 Å². The Balaban J connectivity index is 2.37. The minimum atomic E-state index is -3.70. The molecule has 0 fully saturated rings. The number of benzene rings is 1. The summed E-state index contributed by atoms with van der Waals surface area (Å²) in [5, 5.41) is 0.341. The van der Waals surface area contributed by atoms with Crippen LogP contribution < -0.4 is 10.5 Å². The maximum atomic E-state index is 12.3. The number of nitrogen functional groups attached to an aromatic ring is 1. The standard InChI is InChI=1S/C13H14ClN3O2S/c1-8-3-10(15)6-12(4-8)20(18,19)17-11-5-9(2)13(14)16-7-11/h3-7,17H,15H2,1-2H3. The Hall–Kier alpha value is -1.79. The number of anilines is 2. The first-order valence-electron chi connectivity index (χ1n) is 5.80. The molecule has 106 valence electrons. The van der Waals surface area contributed by atoms with Crippen molar-refractivity contribution in [2.24, 2.45) is 0 Å². The van der Waals surface area contributed by atoms with Crippen molar-refractivity contribution in [1.29, 1.82) is 0 Å². The monoisotopic (exact) mass is 311 g/mol. The summed E-state index contributed by atoms with van der Waals surface area (Å²) >= 11 is 5.81. The molecule has 3 N–H and O–H groups in total. The van der Waals surface area contributed by atoms with Crippen LogP contribution in [0.5, 0.6) is 0 Å². The van der Waals surface area contributed by atoms with Crippen LogP contribution in [-0.2, 0) is 10.0 Å². The number of nitrogens with two attached hydrogens (primary N) is 1. The van der Waals surface area contributed by atoms with E-state index in [1.807, 2.05) is 0 Å². The number of halogens is 1. The van der Waals surface area contributed by atoms with Gasteiger partial charge in [-0.2, -0.15) is 0 Å². The molecule has 0 aliphatic rings. The van der Waals surface area contributed by atoms with Crippen LogP contribution in [0.1, 0.15) is 11.1 Å². The van der Waals surface area contributed by atoms with Gasteiger partial charge in [0.1, 0.15) is 5.15 Å². The van der Waals surface area contributed by atoms with E-state index in [9.17, 15) is 8.42 Å². The molecule has 0 spiro atoms. The third kappa shape index (κ3) is 3.20. The first-order chi connectivity index (χ1) is 9.28. The van der Waals surface area contributed by atoms with Crippen LogP contribution in [-0.4, -0.2) is 13.4 Å². The third-order valence-corrected chi connectivity index (χ3v) is 4.41. The van der Waals surface area contributed by atoms with Crippen molar-refractivity contribution in [2.45, 2.75) is 18.7 Å². The lowest BCUT2D eigenvalue weighted by Gasteiger charge is -2.10. The summed E-state index contributed by atoms with van der Waals surface area (Å²) < 4.78 is 27.0. The molecule has 1 aromatic heterocycles. The average molecular weight is 312 g/mol. The molecule has 0 saturated heterocycles. The SMILES string of the molecule is Cc1cc(N)cc(S(=O)(=O)Nc2cnc(Cl)c(C)c2)c1. The van der Waals surface area contributed by atoms with Crippen LogP contribution in [0.25, 0.3) is 0 Å². The maximum Gasteiger partial charge on any atom is 0.262 e. The molecule has 0 aliphatic heterocycles. The summed E-state index contributed by atoms with van der Waals surface area (Å²) in [6.45, 7) is 3.53. The molecule has 0 unspecified atom stereocenters. The van der Waals surface area contributed by atoms with Crippen LogP contribution in [0, 0.1) is 13.8 Å². The van der Waals surface area contributed by atoms with E-state index < -0.39 is 10.0 Å². The van der Waals surface area contributed by atoms with Crippen molar-refractivity contribution in [2.75, 3.05) is 10.5 Å². The quantitative estimate of drug-likeness (QED) is 0.674. The molecule has 0 radical (unpaired) electrons. The fraction of sp³-hybridized carbons (Fsp3) is 0.154. The highest BCUT2D eigenvalue weighted by molar-refractivity contribution is 7.92. The summed E-state index contributed by atoms with van der Waals surface area (Å²) in [5.41, 5.74) is 7.89. The normalized spacial score (nSPS) is 11.3. The highest BCUT2D eigenvalue weighted by Gasteiger charge is 2.15. The lowest BCUT2D eigenvalue weighted by atomic mass is 10.2. The lowest BCUT2D eigenvalue weighted by molar-refractivity contribution is 0.601. The molecule has 2 aromatic rings. The zero-order chi connectivity index (χ0) is 14.9. The van der Waals surface area contributed by atoms with E-state index in [2.05, 4.69) is 9.71 Å². The van der Waals surface area contributed by atoms with E-state index in [1.54, 1.807) is 32.0 Å². The van der Waals surface area contributed by atoms with Crippen molar-refractivity contribution in [3.63, 3.8) is 0 Å². The molecule has 0 bridgehead atoms. The Kier molecular flexibility index (Phi) is 3.87. The molecule has 2 rings (SSSR count). The van der Waals surface area contributed by atoms with Gasteiger partial charge in [-0.3, -0.25) is 4.72 Å². The number of hydrogen-bond donors (Lipinski definition) is 2. The Bertz CT molecular complexity index is 740. The highest BCUT2D eigenvalue weighted by Crippen LogP contribution is 2.21. The molecule has 5 nitrogen and oxygen atoms in total. The van der Waals surface area contributed by atoms with E-state index in [4.69, 9.17) is 17.3 Å². The van der Waals surface area contributed by atoms with Gasteiger partial charge in [-0.05, 0) is 49.2 Å². The molecule has 0 atom stereocenters. The zero-order valence-corrected chi connectivity index (χ0v) is 12.6. The Morgan fingerprint density at radius 3 is 2.50 bits per heavy atom. The van der Waals surface area contributed by atoms with E-state index >= 15 is 0 Å². The van der Waals surface area contributed by atoms with Crippen LogP contribution in [0.4, 0.5) is 11.4 Å². The first kappa shape index (κ1) is 14.6. The third-order valence-electron chi connectivity index (χ3n) is 2.65. The van der Waals surface area contributed by atoms with Crippen molar-refractivity contribution < 1.29 is 8.42 Å². The number of hydrogen-bond acceptors (Lipinski definition) is 4. The van der Waals surface area contributed by atoms with Gasteiger partial charge >= 0.3 is 0 Å². The van der Waals surface area contributed by atoms with Crippen molar-refractivity contribution >= 4 is 33.0 Å². The van der Waals surface area contributed by atoms with Gasteiger partial charge < -0.3 is 5.73 Å². The van der Waals surface area contributed by atoms with E-state index in [1.165, 1.54) is 12.3 Å². The van der Waals surface area contributed by atoms with E-state index in [0.29, 0.717) is 22.1 Å². The van der Waals surface area contributed by atoms with Gasteiger partial charge in [-0.25, -0.2) is 13.4 Å². The van der Waals surface area contributed by atoms with E-state index in [-0.39, 0.29) is 4.90 Å². The fourth-order valence-electron chi connectivity index (χ4n) is 1.76. The largest absolute Gasteiger partial charge is 0.399 e. The molecule has 7 heteroatoms. The minimum absolute atomic E-state index is 0.114. The molecule has 0 amide bonds. The van der Waals surface area contributed by atoms with Gasteiger partial charge in [0.05, 0.1) is 16.8 Å². The van der Waals surface area contributed by atoms with Gasteiger partial charge in [0.25, 0.3) is 10.0 Å². The summed E-state index contributed by atoms with van der Waals surface area (Å²) in [5.74, 6) is 0. The predicted molar refractivity (Wildman–Crippen MR) is 80.4 cm³/mol. The summed E-state index contributed by atoms with van der Waals surface area (Å²) in [4.78, 5) is 4.02. The number of nitrogens with zero attached hydrogens (tertiary/aromatic N) is 1. The number of aryl methyl sites for hydroxylation is 2. The Morgan fingerprint density at radius 1 is 1.20 bits per heavy atom. The second kappa shape index (κ2) is 5.30. The van der Waals surface area contributed by atoms with Crippen molar-refractivity contribution in [1.82, 2.24) is 4.98 Å². The fourth-order valence-corrected chi connectivity index (χ4v) is 3.04. The van der Waals surface area contributed by atoms with Gasteiger partial charge in [-0.1, -0.05) is 11.6 Å². The first-order valence-corrected chi connectivity index (χ1v) is 7.66. The van der Waals surface area contributed by atoms with Gasteiger partial charge in [0.2, 0.25) is 0 Å². The summed E-state index contributed by atoms with van der Waals surface area (Å²) in [7, 11) is -3.70. The summed E-state index contributed by atoms with van der Waals surface area (Å²) in [6.07, 6.45) is 1.37. The maximum absolute atomic E-state index is 12.3. The number of aromatic nitrogens is 1. The number of pyridine rings is 1. The number of rotatable bonds is 3. The Labute approximate surface area is 122 Å². The molecule has 0 saturated carbocycles. The topological polar surface area (TPSA) is 85.1 Å². The van der Waals surface area contributed by atoms with Crippen LogP contribution in [0.3, 0.4) is 0 Å². The lowest BCUT2D eigenvalue weighted by Crippen LogP contribution is -2.13. The Morgan fingerprint density at radius 2 is 1.90 bits per heavy atom. The molecular weight excluding hydrogens is 298 g/mol. The molecule has 1 heterocycles. The average Bonchev–Trinajstić information content (AvgIpc) is 2.32. The molecular formula is C13H14ClN3O2S. The van der Waals surface area contributed by atoms with Crippen molar-refractivity contribution in [3.8, 4) is 0 Å². The highest BCUT2D eigenvalue weighted by atomic mass is 35.5. The van der Waals surface area contributed by atoms with Gasteiger partial charge in [0, 0.05) is 5.69 Å². The second-order valence-electron chi connectivity index (χ2n) is 4.52. The van der Waals surface area contributed by atoms with Gasteiger partial charge in [0.15, 0.2) is 0 Å². The minimum Gasteiger partial charge on any atom is -0.399 e. The molecule has 0 aliphatic carbocycles. The van der Waals surface area contributed by atoms with Crippen LogP contribution in [0.2, 0.25) is 5.15 Å². The molecule has 1 aromatic carbocycles. The smallest absolute Gasteiger partial charge is 0.262 e. The summed E-state index contributed by atoms with van der Waals surface area (Å²) in [6, 6.07) is 6.28. The number of sulfonamides is 1. The van der Waals surface area contributed by atoms with Crippen LogP contribution >= 0.6 is 11.6 Å². The predicted octanol–water partition coefficient (Wildman–Crippen LogP) is 2.73. The van der Waals surface area contributed by atoms with E-state index in [0.717, 1.165) is 5.56 Å². The zero-order valence-electron chi connectivity index (χ0n) is 11.0. The van der Waals surface area contributed by atoms with Gasteiger partial charge in [-0.15, -0.1) is 0 Å².